The molecule has 1 amide bonds. The molecule has 2 rings (SSSR count). The molecule has 1 aromatic carbocycles. The van der Waals surface area contributed by atoms with Gasteiger partial charge in [0.2, 0.25) is 0 Å². The van der Waals surface area contributed by atoms with Crippen molar-refractivity contribution in [1.82, 2.24) is 5.43 Å². The Balaban J connectivity index is 1.98. The molecule has 0 bridgehead atoms. The summed E-state index contributed by atoms with van der Waals surface area (Å²) in [7, 11) is 0. The Labute approximate surface area is 118 Å². The number of hydrogen-bond acceptors (Lipinski definition) is 3. The van der Waals surface area contributed by atoms with Crippen LogP contribution in [0.4, 0.5) is 0 Å². The number of aryl methyl sites for hydroxylation is 1. The van der Waals surface area contributed by atoms with Crippen molar-refractivity contribution >= 4 is 34.7 Å². The second kappa shape index (κ2) is 5.81. The maximum Gasteiger partial charge on any atom is 0.271 e. The van der Waals surface area contributed by atoms with Crippen LogP contribution >= 0.6 is 22.6 Å². The topological polar surface area (TPSA) is 54.6 Å². The molecule has 0 radical (unpaired) electrons. The zero-order valence-corrected chi connectivity index (χ0v) is 11.8. The lowest BCUT2D eigenvalue weighted by molar-refractivity contribution is 0.0955. The number of nitrogens with one attached hydrogen (secondary N) is 1. The predicted molar refractivity (Wildman–Crippen MR) is 77.7 cm³/mol. The molecule has 92 valence electrons. The molecule has 0 spiro atoms. The van der Waals surface area contributed by atoms with Crippen LogP contribution in [0.1, 0.15) is 21.9 Å². The van der Waals surface area contributed by atoms with Gasteiger partial charge in [-0.1, -0.05) is 6.07 Å². The maximum atomic E-state index is 11.7. The van der Waals surface area contributed by atoms with Crippen LogP contribution in [0.15, 0.2) is 45.9 Å². The van der Waals surface area contributed by atoms with Crippen LogP contribution in [0.25, 0.3) is 0 Å². The third-order valence-corrected chi connectivity index (χ3v) is 2.88. The van der Waals surface area contributed by atoms with E-state index in [0.29, 0.717) is 11.3 Å². The van der Waals surface area contributed by atoms with Gasteiger partial charge in [0.15, 0.2) is 0 Å². The van der Waals surface area contributed by atoms with Gasteiger partial charge in [0.1, 0.15) is 11.5 Å². The van der Waals surface area contributed by atoms with Gasteiger partial charge in [0.05, 0.1) is 6.21 Å². The van der Waals surface area contributed by atoms with Crippen LogP contribution in [0.5, 0.6) is 0 Å². The quantitative estimate of drug-likeness (QED) is 0.524. The fraction of sp³-hybridized carbons (Fsp3) is 0.0769. The number of amides is 1. The molecule has 0 aliphatic carbocycles. The van der Waals surface area contributed by atoms with E-state index in [1.807, 2.05) is 25.1 Å². The first kappa shape index (κ1) is 12.8. The van der Waals surface area contributed by atoms with Crippen molar-refractivity contribution < 1.29 is 9.21 Å². The molecule has 0 unspecified atom stereocenters. The van der Waals surface area contributed by atoms with Crippen LogP contribution in [-0.4, -0.2) is 12.1 Å². The molecule has 0 aliphatic rings. The number of furan rings is 1. The van der Waals surface area contributed by atoms with Crippen molar-refractivity contribution in [1.29, 1.82) is 0 Å². The molecular formula is C13H11IN2O2. The highest BCUT2D eigenvalue weighted by molar-refractivity contribution is 14.1. The van der Waals surface area contributed by atoms with Gasteiger partial charge >= 0.3 is 0 Å². The third kappa shape index (κ3) is 3.43. The Bertz CT molecular complexity index is 590. The lowest BCUT2D eigenvalue weighted by atomic mass is 10.2. The lowest BCUT2D eigenvalue weighted by Crippen LogP contribution is -2.17. The van der Waals surface area contributed by atoms with E-state index in [1.165, 1.54) is 6.21 Å². The minimum absolute atomic E-state index is 0.243. The summed E-state index contributed by atoms with van der Waals surface area (Å²) in [4.78, 5) is 11.7. The highest BCUT2D eigenvalue weighted by Crippen LogP contribution is 2.07. The molecule has 0 atom stereocenters. The third-order valence-electron chi connectivity index (χ3n) is 2.21. The van der Waals surface area contributed by atoms with Crippen LogP contribution < -0.4 is 5.43 Å². The summed E-state index contributed by atoms with van der Waals surface area (Å²) < 4.78 is 6.29. The number of hydrazone groups is 1. The summed E-state index contributed by atoms with van der Waals surface area (Å²) in [5.41, 5.74) is 3.03. The van der Waals surface area contributed by atoms with E-state index < -0.39 is 0 Å². The summed E-state index contributed by atoms with van der Waals surface area (Å²) in [6.07, 6.45) is 1.47. The number of hydrogen-bond donors (Lipinski definition) is 1. The summed E-state index contributed by atoms with van der Waals surface area (Å²) in [5.74, 6) is 1.17. The highest BCUT2D eigenvalue weighted by atomic mass is 127. The molecule has 1 heterocycles. The number of carbonyl (C=O) groups is 1. The molecule has 0 saturated carbocycles. The van der Waals surface area contributed by atoms with Crippen molar-refractivity contribution in [2.75, 3.05) is 0 Å². The van der Waals surface area contributed by atoms with Gasteiger partial charge in [-0.25, -0.2) is 5.43 Å². The van der Waals surface area contributed by atoms with E-state index in [0.717, 1.165) is 9.33 Å². The van der Waals surface area contributed by atoms with Crippen molar-refractivity contribution in [3.05, 3.63) is 57.1 Å². The monoisotopic (exact) mass is 354 g/mol. The van der Waals surface area contributed by atoms with Gasteiger partial charge < -0.3 is 4.42 Å². The van der Waals surface area contributed by atoms with Crippen LogP contribution in [0, 0.1) is 10.5 Å². The largest absolute Gasteiger partial charge is 0.460 e. The molecule has 0 aliphatic heterocycles. The minimum atomic E-state index is -0.243. The van der Waals surface area contributed by atoms with Crippen LogP contribution in [-0.2, 0) is 0 Å². The number of halogens is 1. The second-order valence-corrected chi connectivity index (χ2v) is 4.90. The zero-order chi connectivity index (χ0) is 13.0. The number of benzene rings is 1. The van der Waals surface area contributed by atoms with Gasteiger partial charge in [-0.3, -0.25) is 4.79 Å². The van der Waals surface area contributed by atoms with E-state index >= 15 is 0 Å². The first-order valence-corrected chi connectivity index (χ1v) is 6.38. The van der Waals surface area contributed by atoms with Crippen molar-refractivity contribution in [3.63, 3.8) is 0 Å². The minimum Gasteiger partial charge on any atom is -0.460 e. The molecule has 2 aromatic rings. The number of rotatable bonds is 3. The molecule has 0 saturated heterocycles. The highest BCUT2D eigenvalue weighted by Gasteiger charge is 2.03. The Kier molecular flexibility index (Phi) is 4.14. The molecule has 1 N–H and O–H groups in total. The summed E-state index contributed by atoms with van der Waals surface area (Å²) in [6, 6.07) is 10.9. The summed E-state index contributed by atoms with van der Waals surface area (Å²) in [5, 5.41) is 3.84. The Morgan fingerprint density at radius 2 is 2.22 bits per heavy atom. The first-order valence-electron chi connectivity index (χ1n) is 5.30. The molecule has 1 aromatic heterocycles. The Morgan fingerprint density at radius 1 is 1.39 bits per heavy atom. The maximum absolute atomic E-state index is 11.7. The first-order chi connectivity index (χ1) is 8.65. The number of carbonyl (C=O) groups excluding carboxylic acids is 1. The van der Waals surface area contributed by atoms with E-state index in [9.17, 15) is 4.79 Å². The van der Waals surface area contributed by atoms with Crippen molar-refractivity contribution in [2.24, 2.45) is 5.10 Å². The number of nitrogens with zero attached hydrogens (tertiary/aromatic N) is 1. The van der Waals surface area contributed by atoms with E-state index in [1.54, 1.807) is 18.2 Å². The van der Waals surface area contributed by atoms with Gasteiger partial charge in [-0.05, 0) is 59.8 Å². The average Bonchev–Trinajstić information content (AvgIpc) is 2.75. The molecule has 4 nitrogen and oxygen atoms in total. The van der Waals surface area contributed by atoms with Crippen molar-refractivity contribution in [3.8, 4) is 0 Å². The molecule has 0 fully saturated rings. The zero-order valence-electron chi connectivity index (χ0n) is 9.68. The molecule has 5 heteroatoms. The fourth-order valence-electron chi connectivity index (χ4n) is 1.37. The normalized spacial score (nSPS) is 10.8. The molecule has 18 heavy (non-hydrogen) atoms. The van der Waals surface area contributed by atoms with Gasteiger partial charge in [-0.15, -0.1) is 0 Å². The Hall–Kier alpha value is -1.63. The molecular weight excluding hydrogens is 343 g/mol. The summed E-state index contributed by atoms with van der Waals surface area (Å²) >= 11 is 2.16. The van der Waals surface area contributed by atoms with Crippen LogP contribution in [0.2, 0.25) is 0 Å². The standard InChI is InChI=1S/C13H11IN2O2/c1-9-5-6-12(18-9)8-15-16-13(17)10-3-2-4-11(14)7-10/h2-8H,1H3,(H,16,17)/b15-8+. The van der Waals surface area contributed by atoms with E-state index in [-0.39, 0.29) is 5.91 Å². The fourth-order valence-corrected chi connectivity index (χ4v) is 1.91. The second-order valence-electron chi connectivity index (χ2n) is 3.66. The average molecular weight is 354 g/mol. The van der Waals surface area contributed by atoms with E-state index in [2.05, 4.69) is 33.1 Å². The van der Waals surface area contributed by atoms with Crippen molar-refractivity contribution in [2.45, 2.75) is 6.92 Å². The lowest BCUT2D eigenvalue weighted by Gasteiger charge is -1.99. The van der Waals surface area contributed by atoms with E-state index in [4.69, 9.17) is 4.42 Å². The smallest absolute Gasteiger partial charge is 0.271 e. The summed E-state index contributed by atoms with van der Waals surface area (Å²) in [6.45, 7) is 1.85. The SMILES string of the molecule is Cc1ccc(/C=N/NC(=O)c2cccc(I)c2)o1. The van der Waals surface area contributed by atoms with Gasteiger partial charge in [0, 0.05) is 9.13 Å². The van der Waals surface area contributed by atoms with Crippen LogP contribution in [0.3, 0.4) is 0 Å². The Morgan fingerprint density at radius 3 is 2.89 bits per heavy atom. The van der Waals surface area contributed by atoms with Gasteiger partial charge in [0.25, 0.3) is 5.91 Å². The predicted octanol–water partition coefficient (Wildman–Crippen LogP) is 2.96. The van der Waals surface area contributed by atoms with Gasteiger partial charge in [-0.2, -0.15) is 5.10 Å².